The Kier molecular flexibility index (Phi) is 3.51. The van der Waals surface area contributed by atoms with Gasteiger partial charge in [0.1, 0.15) is 5.54 Å². The van der Waals surface area contributed by atoms with Gasteiger partial charge < -0.3 is 0 Å². The first-order valence-electron chi connectivity index (χ1n) is 9.94. The molecule has 4 saturated heterocycles. The van der Waals surface area contributed by atoms with Gasteiger partial charge in [-0.15, -0.1) is 0 Å². The molecule has 140 valence electrons. The third-order valence-electron chi connectivity index (χ3n) is 6.41. The molecule has 6 nitrogen and oxygen atoms in total. The minimum atomic E-state index is -0.381. The molecule has 4 aliphatic heterocycles. The van der Waals surface area contributed by atoms with Gasteiger partial charge in [-0.05, 0) is 48.7 Å². The molecule has 7 rings (SSSR count). The van der Waals surface area contributed by atoms with Crippen molar-refractivity contribution in [1.29, 1.82) is 0 Å². The van der Waals surface area contributed by atoms with Crippen LogP contribution in [-0.4, -0.2) is 44.6 Å². The summed E-state index contributed by atoms with van der Waals surface area (Å²) >= 11 is 0. The largest absolute Gasteiger partial charge is 0.259 e. The molecule has 7 heterocycles. The molecule has 0 radical (unpaired) electrons. The molecular weight excluding hydrogens is 348 g/mol. The van der Waals surface area contributed by atoms with Gasteiger partial charge in [0, 0.05) is 44.1 Å². The summed E-state index contributed by atoms with van der Waals surface area (Å²) in [4.78, 5) is 14.4. The maximum absolute atomic E-state index is 4.85. The molecule has 4 aliphatic rings. The Hall–Kier alpha value is -2.83. The minimum Gasteiger partial charge on any atom is -0.259 e. The lowest BCUT2D eigenvalue weighted by Crippen LogP contribution is -2.78. The first kappa shape index (κ1) is 16.2. The van der Waals surface area contributed by atoms with E-state index in [1.807, 2.05) is 36.8 Å². The lowest BCUT2D eigenvalue weighted by atomic mass is 9.67. The average molecular weight is 370 g/mol. The molecule has 3 aromatic rings. The number of hydrazine groups is 2. The van der Waals surface area contributed by atoms with E-state index in [1.54, 1.807) is 0 Å². The third kappa shape index (κ3) is 2.13. The van der Waals surface area contributed by atoms with Gasteiger partial charge in [-0.1, -0.05) is 18.2 Å². The van der Waals surface area contributed by atoms with Crippen LogP contribution in [0.5, 0.6) is 0 Å². The zero-order valence-corrected chi connectivity index (χ0v) is 15.6. The summed E-state index contributed by atoms with van der Waals surface area (Å²) in [6.45, 7) is 3.05. The highest BCUT2D eigenvalue weighted by atomic mass is 15.9. The molecule has 0 spiro atoms. The van der Waals surface area contributed by atoms with Crippen molar-refractivity contribution in [2.45, 2.75) is 12.0 Å². The molecule has 0 amide bonds. The summed E-state index contributed by atoms with van der Waals surface area (Å²) in [5.41, 5.74) is 1.76. The fraction of sp³-hybridized carbons (Fsp3) is 0.318. The Labute approximate surface area is 164 Å². The summed E-state index contributed by atoms with van der Waals surface area (Å²) in [5, 5.41) is 7.22. The number of nitrogens with zero attached hydrogens (tertiary/aromatic N) is 6. The SMILES string of the molecule is c1ccc(N2N3CC4CC(C3)C(c3ccccn3)(c3ccccn3)N2C4)nc1. The van der Waals surface area contributed by atoms with Gasteiger partial charge in [-0.2, -0.15) is 5.01 Å². The lowest BCUT2D eigenvalue weighted by molar-refractivity contribution is -0.169. The van der Waals surface area contributed by atoms with Crippen LogP contribution in [0.25, 0.3) is 0 Å². The first-order chi connectivity index (χ1) is 13.9. The minimum absolute atomic E-state index is 0.381. The van der Waals surface area contributed by atoms with E-state index >= 15 is 0 Å². The van der Waals surface area contributed by atoms with Crippen LogP contribution < -0.4 is 5.12 Å². The molecule has 6 heteroatoms. The maximum Gasteiger partial charge on any atom is 0.159 e. The van der Waals surface area contributed by atoms with E-state index < -0.39 is 0 Å². The maximum atomic E-state index is 4.85. The number of rotatable bonds is 3. The van der Waals surface area contributed by atoms with Gasteiger partial charge in [0.25, 0.3) is 0 Å². The summed E-state index contributed by atoms with van der Waals surface area (Å²) in [5.74, 6) is 2.06. The highest BCUT2D eigenvalue weighted by molar-refractivity contribution is 5.43. The van der Waals surface area contributed by atoms with Crippen LogP contribution in [0.4, 0.5) is 5.82 Å². The Balaban J connectivity index is 1.60. The molecule has 0 aliphatic carbocycles. The Morgan fingerprint density at radius 3 is 2.04 bits per heavy atom. The van der Waals surface area contributed by atoms with Crippen molar-refractivity contribution in [3.63, 3.8) is 0 Å². The second kappa shape index (κ2) is 6.09. The van der Waals surface area contributed by atoms with Crippen molar-refractivity contribution in [3.05, 3.63) is 84.6 Å². The first-order valence-corrected chi connectivity index (χ1v) is 9.94. The van der Waals surface area contributed by atoms with Crippen LogP contribution >= 0.6 is 0 Å². The number of pyridine rings is 3. The molecule has 0 aromatic carbocycles. The summed E-state index contributed by atoms with van der Waals surface area (Å²) in [6.07, 6.45) is 6.87. The van der Waals surface area contributed by atoms with E-state index in [2.05, 4.69) is 56.5 Å². The standard InChI is InChI=1S/C22H22N6/c1-4-10-23-19(7-1)22(20-8-2-5-11-24-20)18-13-17-14-26(16-18)28(27(22)15-17)21-9-3-6-12-25-21/h1-12,17-18H,13-16H2. The van der Waals surface area contributed by atoms with Crippen molar-refractivity contribution in [2.75, 3.05) is 24.8 Å². The number of aromatic nitrogens is 3. The number of hydrogen-bond acceptors (Lipinski definition) is 6. The topological polar surface area (TPSA) is 48.4 Å². The van der Waals surface area contributed by atoms with Crippen LogP contribution in [0.2, 0.25) is 0 Å². The van der Waals surface area contributed by atoms with Gasteiger partial charge in [0.15, 0.2) is 5.82 Å². The Morgan fingerprint density at radius 1 is 0.750 bits per heavy atom. The van der Waals surface area contributed by atoms with Gasteiger partial charge in [-0.3, -0.25) is 9.97 Å². The monoisotopic (exact) mass is 370 g/mol. The number of piperidine rings is 2. The quantitative estimate of drug-likeness (QED) is 0.707. The van der Waals surface area contributed by atoms with E-state index in [9.17, 15) is 0 Å². The van der Waals surface area contributed by atoms with E-state index in [4.69, 9.17) is 9.97 Å². The molecule has 4 fully saturated rings. The highest BCUT2D eigenvalue weighted by Gasteiger charge is 2.62. The molecule has 4 atom stereocenters. The van der Waals surface area contributed by atoms with Crippen molar-refractivity contribution >= 4 is 5.82 Å². The number of anilines is 1. The molecule has 4 unspecified atom stereocenters. The van der Waals surface area contributed by atoms with Gasteiger partial charge in [-0.25, -0.2) is 15.1 Å². The van der Waals surface area contributed by atoms with Gasteiger partial charge >= 0.3 is 0 Å². The molecule has 28 heavy (non-hydrogen) atoms. The smallest absolute Gasteiger partial charge is 0.159 e. The Bertz CT molecular complexity index is 925. The van der Waals surface area contributed by atoms with Crippen LogP contribution in [0.3, 0.4) is 0 Å². The lowest BCUT2D eigenvalue weighted by Gasteiger charge is -2.67. The zero-order valence-electron chi connectivity index (χ0n) is 15.6. The second-order valence-corrected chi connectivity index (χ2v) is 7.93. The van der Waals surface area contributed by atoms with Crippen molar-refractivity contribution < 1.29 is 0 Å². The van der Waals surface area contributed by atoms with E-state index in [0.717, 1.165) is 36.8 Å². The third-order valence-corrected chi connectivity index (χ3v) is 6.41. The van der Waals surface area contributed by atoms with E-state index in [-0.39, 0.29) is 5.54 Å². The highest BCUT2D eigenvalue weighted by Crippen LogP contribution is 2.54. The van der Waals surface area contributed by atoms with Crippen LogP contribution in [-0.2, 0) is 5.54 Å². The number of hydrogen-bond donors (Lipinski definition) is 0. The van der Waals surface area contributed by atoms with Crippen LogP contribution in [0.1, 0.15) is 17.8 Å². The Morgan fingerprint density at radius 2 is 1.43 bits per heavy atom. The van der Waals surface area contributed by atoms with Crippen molar-refractivity contribution in [2.24, 2.45) is 11.8 Å². The molecule has 0 saturated carbocycles. The van der Waals surface area contributed by atoms with Crippen molar-refractivity contribution in [1.82, 2.24) is 25.0 Å². The van der Waals surface area contributed by atoms with Gasteiger partial charge in [0.2, 0.25) is 0 Å². The second-order valence-electron chi connectivity index (χ2n) is 7.93. The van der Waals surface area contributed by atoms with E-state index in [1.165, 1.54) is 6.42 Å². The summed E-state index contributed by atoms with van der Waals surface area (Å²) in [7, 11) is 0. The molecule has 0 N–H and O–H groups in total. The summed E-state index contributed by atoms with van der Waals surface area (Å²) in [6, 6.07) is 18.6. The summed E-state index contributed by atoms with van der Waals surface area (Å²) < 4.78 is 0. The molecule has 4 bridgehead atoms. The van der Waals surface area contributed by atoms with Crippen molar-refractivity contribution in [3.8, 4) is 0 Å². The fourth-order valence-corrected chi connectivity index (χ4v) is 5.48. The predicted molar refractivity (Wildman–Crippen MR) is 106 cm³/mol. The van der Waals surface area contributed by atoms with E-state index in [0.29, 0.717) is 11.8 Å². The van der Waals surface area contributed by atoms with Crippen LogP contribution in [0.15, 0.2) is 73.2 Å². The molecule has 3 aromatic heterocycles. The van der Waals surface area contributed by atoms with Gasteiger partial charge in [0.05, 0.1) is 11.4 Å². The molecular formula is C22H22N6. The normalized spacial score (nSPS) is 29.8. The predicted octanol–water partition coefficient (Wildman–Crippen LogP) is 2.72. The van der Waals surface area contributed by atoms with Crippen LogP contribution in [0, 0.1) is 11.8 Å². The average Bonchev–Trinajstić information content (AvgIpc) is 2.76. The zero-order chi connectivity index (χ0) is 18.6. The fourth-order valence-electron chi connectivity index (χ4n) is 5.48.